The molecule has 2 rings (SSSR count). The Bertz CT molecular complexity index is 599. The zero-order chi connectivity index (χ0) is 16.9. The Balaban J connectivity index is 1.73. The molecule has 0 aliphatic heterocycles. The van der Waals surface area contributed by atoms with Crippen molar-refractivity contribution in [3.63, 3.8) is 0 Å². The highest BCUT2D eigenvalue weighted by atomic mass is 32.2. The SMILES string of the molecule is CC1CCCC(NC(=O)CCCN(C)S(=O)(=O)c2cccs2)C1. The molecule has 1 aliphatic carbocycles. The Labute approximate surface area is 143 Å². The zero-order valence-electron chi connectivity index (χ0n) is 13.8. The highest BCUT2D eigenvalue weighted by Gasteiger charge is 2.22. The van der Waals surface area contributed by atoms with Gasteiger partial charge < -0.3 is 5.32 Å². The fourth-order valence-corrected chi connectivity index (χ4v) is 5.42. The van der Waals surface area contributed by atoms with Crippen LogP contribution in [0.4, 0.5) is 0 Å². The third-order valence-electron chi connectivity index (χ3n) is 4.34. The number of carbonyl (C=O) groups excluding carboxylic acids is 1. The molecule has 0 spiro atoms. The van der Waals surface area contributed by atoms with Crippen molar-refractivity contribution in [1.29, 1.82) is 0 Å². The summed E-state index contributed by atoms with van der Waals surface area (Å²) in [7, 11) is -1.84. The van der Waals surface area contributed by atoms with Gasteiger partial charge in [0.05, 0.1) is 0 Å². The molecule has 1 aromatic rings. The van der Waals surface area contributed by atoms with E-state index in [4.69, 9.17) is 0 Å². The first-order valence-corrected chi connectivity index (χ1v) is 10.5. The number of thiophene rings is 1. The molecule has 1 N–H and O–H groups in total. The molecule has 0 radical (unpaired) electrons. The summed E-state index contributed by atoms with van der Waals surface area (Å²) >= 11 is 1.21. The van der Waals surface area contributed by atoms with Gasteiger partial charge in [-0.2, -0.15) is 0 Å². The van der Waals surface area contributed by atoms with Crippen LogP contribution in [0.2, 0.25) is 0 Å². The largest absolute Gasteiger partial charge is 0.353 e. The maximum absolute atomic E-state index is 12.3. The lowest BCUT2D eigenvalue weighted by Crippen LogP contribution is -2.38. The van der Waals surface area contributed by atoms with Gasteiger partial charge in [-0.25, -0.2) is 12.7 Å². The van der Waals surface area contributed by atoms with E-state index in [2.05, 4.69) is 12.2 Å². The van der Waals surface area contributed by atoms with Crippen molar-refractivity contribution in [2.45, 2.75) is 55.7 Å². The topological polar surface area (TPSA) is 66.5 Å². The van der Waals surface area contributed by atoms with Gasteiger partial charge in [0.15, 0.2) is 0 Å². The third-order valence-corrected chi connectivity index (χ3v) is 7.57. The molecular formula is C16H26N2O3S2. The van der Waals surface area contributed by atoms with E-state index in [1.807, 2.05) is 0 Å². The second-order valence-electron chi connectivity index (χ2n) is 6.40. The number of amides is 1. The minimum atomic E-state index is -3.41. The number of rotatable bonds is 7. The van der Waals surface area contributed by atoms with Crippen molar-refractivity contribution in [2.24, 2.45) is 5.92 Å². The fourth-order valence-electron chi connectivity index (χ4n) is 3.01. The number of nitrogens with zero attached hydrogens (tertiary/aromatic N) is 1. The van der Waals surface area contributed by atoms with Gasteiger partial charge in [-0.3, -0.25) is 4.79 Å². The van der Waals surface area contributed by atoms with Crippen LogP contribution in [0.25, 0.3) is 0 Å². The van der Waals surface area contributed by atoms with Crippen LogP contribution < -0.4 is 5.32 Å². The molecule has 0 saturated heterocycles. The highest BCUT2D eigenvalue weighted by molar-refractivity contribution is 7.91. The van der Waals surface area contributed by atoms with E-state index < -0.39 is 10.0 Å². The lowest BCUT2D eigenvalue weighted by molar-refractivity contribution is -0.122. The molecule has 2 unspecified atom stereocenters. The van der Waals surface area contributed by atoms with Crippen LogP contribution in [0.5, 0.6) is 0 Å². The molecule has 1 heterocycles. The molecule has 1 aliphatic rings. The monoisotopic (exact) mass is 358 g/mol. The van der Waals surface area contributed by atoms with Gasteiger partial charge in [0.25, 0.3) is 10.0 Å². The van der Waals surface area contributed by atoms with Crippen molar-refractivity contribution < 1.29 is 13.2 Å². The minimum Gasteiger partial charge on any atom is -0.353 e. The van der Waals surface area contributed by atoms with Gasteiger partial charge >= 0.3 is 0 Å². The van der Waals surface area contributed by atoms with Crippen molar-refractivity contribution in [3.8, 4) is 0 Å². The van der Waals surface area contributed by atoms with E-state index in [1.54, 1.807) is 24.6 Å². The first-order chi connectivity index (χ1) is 10.9. The molecule has 1 aromatic heterocycles. The van der Waals surface area contributed by atoms with E-state index in [-0.39, 0.29) is 5.91 Å². The number of hydrogen-bond donors (Lipinski definition) is 1. The van der Waals surface area contributed by atoms with Gasteiger partial charge in [0, 0.05) is 26.1 Å². The first-order valence-electron chi connectivity index (χ1n) is 8.19. The zero-order valence-corrected chi connectivity index (χ0v) is 15.5. The molecule has 2 atom stereocenters. The smallest absolute Gasteiger partial charge is 0.252 e. The Morgan fingerprint density at radius 2 is 2.22 bits per heavy atom. The highest BCUT2D eigenvalue weighted by Crippen LogP contribution is 2.23. The maximum Gasteiger partial charge on any atom is 0.252 e. The molecule has 7 heteroatoms. The summed E-state index contributed by atoms with van der Waals surface area (Å²) in [5.74, 6) is 0.710. The summed E-state index contributed by atoms with van der Waals surface area (Å²) in [5, 5.41) is 4.83. The van der Waals surface area contributed by atoms with Crippen LogP contribution in [0.15, 0.2) is 21.7 Å². The summed E-state index contributed by atoms with van der Waals surface area (Å²) in [6, 6.07) is 3.62. The van der Waals surface area contributed by atoms with Gasteiger partial charge in [0.1, 0.15) is 4.21 Å². The summed E-state index contributed by atoms with van der Waals surface area (Å²) in [4.78, 5) is 12.0. The van der Waals surface area contributed by atoms with Crippen molar-refractivity contribution in [1.82, 2.24) is 9.62 Å². The molecule has 23 heavy (non-hydrogen) atoms. The molecule has 130 valence electrons. The number of hydrogen-bond acceptors (Lipinski definition) is 4. The van der Waals surface area contributed by atoms with Crippen LogP contribution in [0.3, 0.4) is 0 Å². The molecule has 0 aromatic carbocycles. The summed E-state index contributed by atoms with van der Waals surface area (Å²) in [6.07, 6.45) is 5.44. The molecule has 5 nitrogen and oxygen atoms in total. The average molecular weight is 359 g/mol. The van der Waals surface area contributed by atoms with E-state index in [9.17, 15) is 13.2 Å². The van der Waals surface area contributed by atoms with Crippen LogP contribution in [-0.2, 0) is 14.8 Å². The Morgan fingerprint density at radius 1 is 1.43 bits per heavy atom. The van der Waals surface area contributed by atoms with Gasteiger partial charge in [-0.15, -0.1) is 11.3 Å². The second-order valence-corrected chi connectivity index (χ2v) is 9.62. The van der Waals surface area contributed by atoms with Crippen LogP contribution in [0, 0.1) is 5.92 Å². The van der Waals surface area contributed by atoms with E-state index in [1.165, 1.54) is 28.5 Å². The number of nitrogens with one attached hydrogen (secondary N) is 1. The van der Waals surface area contributed by atoms with Crippen LogP contribution in [-0.4, -0.2) is 38.3 Å². The summed E-state index contributed by atoms with van der Waals surface area (Å²) < 4.78 is 26.2. The molecular weight excluding hydrogens is 332 g/mol. The van der Waals surface area contributed by atoms with E-state index in [0.717, 1.165) is 12.8 Å². The van der Waals surface area contributed by atoms with Crippen molar-refractivity contribution in [3.05, 3.63) is 17.5 Å². The summed E-state index contributed by atoms with van der Waals surface area (Å²) in [5.41, 5.74) is 0. The Morgan fingerprint density at radius 3 is 2.87 bits per heavy atom. The summed E-state index contributed by atoms with van der Waals surface area (Å²) in [6.45, 7) is 2.58. The standard InChI is InChI=1S/C16H26N2O3S2/c1-13-6-3-7-14(12-13)17-15(19)8-4-10-18(2)23(20,21)16-9-5-11-22-16/h5,9,11,13-14H,3-4,6-8,10,12H2,1-2H3,(H,17,19). The predicted octanol–water partition coefficient (Wildman–Crippen LogP) is 2.84. The number of carbonyl (C=O) groups is 1. The lowest BCUT2D eigenvalue weighted by atomic mass is 9.87. The van der Waals surface area contributed by atoms with Gasteiger partial charge in [-0.1, -0.05) is 25.8 Å². The molecule has 1 fully saturated rings. The van der Waals surface area contributed by atoms with Crippen molar-refractivity contribution in [2.75, 3.05) is 13.6 Å². The Hall–Kier alpha value is -0.920. The van der Waals surface area contributed by atoms with E-state index in [0.29, 0.717) is 35.6 Å². The average Bonchev–Trinajstić information content (AvgIpc) is 3.02. The maximum atomic E-state index is 12.3. The van der Waals surface area contributed by atoms with Gasteiger partial charge in [0.2, 0.25) is 5.91 Å². The first kappa shape index (κ1) is 18.4. The Kier molecular flexibility index (Phi) is 6.61. The molecule has 0 bridgehead atoms. The second kappa shape index (κ2) is 8.26. The van der Waals surface area contributed by atoms with Crippen LogP contribution >= 0.6 is 11.3 Å². The minimum absolute atomic E-state index is 0.0334. The third kappa shape index (κ3) is 5.29. The lowest BCUT2D eigenvalue weighted by Gasteiger charge is -2.27. The number of sulfonamides is 1. The van der Waals surface area contributed by atoms with Gasteiger partial charge in [-0.05, 0) is 36.6 Å². The van der Waals surface area contributed by atoms with E-state index >= 15 is 0 Å². The molecule has 1 saturated carbocycles. The van der Waals surface area contributed by atoms with Crippen molar-refractivity contribution >= 4 is 27.3 Å². The predicted molar refractivity (Wildman–Crippen MR) is 92.9 cm³/mol. The normalized spacial score (nSPS) is 22.2. The fraction of sp³-hybridized carbons (Fsp3) is 0.688. The molecule has 1 amide bonds. The van der Waals surface area contributed by atoms with Crippen LogP contribution in [0.1, 0.15) is 45.4 Å². The quantitative estimate of drug-likeness (QED) is 0.815.